The number of fused-ring (bicyclic) bond motifs is 1. The highest BCUT2D eigenvalue weighted by Crippen LogP contribution is 2.42. The molecule has 0 radical (unpaired) electrons. The second kappa shape index (κ2) is 10.4. The summed E-state index contributed by atoms with van der Waals surface area (Å²) in [6, 6.07) is 7.39. The zero-order valence-electron chi connectivity index (χ0n) is 17.7. The van der Waals surface area contributed by atoms with Gasteiger partial charge in [0, 0.05) is 37.0 Å². The number of halogens is 2. The summed E-state index contributed by atoms with van der Waals surface area (Å²) in [4.78, 5) is 28.1. The first-order valence-electron chi connectivity index (χ1n) is 10.6. The number of carbonyl (C=O) groups excluding carboxylic acids is 2. The molecule has 4 rings (SSSR count). The van der Waals surface area contributed by atoms with Crippen LogP contribution in [0.3, 0.4) is 0 Å². The molecule has 1 aliphatic carbocycles. The van der Waals surface area contributed by atoms with Crippen molar-refractivity contribution in [1.82, 2.24) is 19.7 Å². The Morgan fingerprint density at radius 3 is 2.71 bits per heavy atom. The molecule has 31 heavy (non-hydrogen) atoms. The van der Waals surface area contributed by atoms with E-state index in [1.807, 2.05) is 18.2 Å². The summed E-state index contributed by atoms with van der Waals surface area (Å²) in [5, 5.41) is 9.93. The van der Waals surface area contributed by atoms with Crippen LogP contribution in [0.15, 0.2) is 29.4 Å². The van der Waals surface area contributed by atoms with Crippen molar-refractivity contribution in [1.29, 1.82) is 0 Å². The summed E-state index contributed by atoms with van der Waals surface area (Å²) in [5.41, 5.74) is -0.260. The van der Waals surface area contributed by atoms with Gasteiger partial charge in [-0.05, 0) is 38.2 Å². The molecule has 2 heterocycles. The van der Waals surface area contributed by atoms with Gasteiger partial charge >= 0.3 is 0 Å². The number of benzene rings is 1. The fourth-order valence-electron chi connectivity index (χ4n) is 4.63. The molecule has 0 N–H and O–H groups in total. The SMILES string of the molecule is CN(C(=O)CSc1nnc2n1CCCCC2)C1(c2ccccc2Cl)CCCCC1=O.Cl. The van der Waals surface area contributed by atoms with E-state index >= 15 is 0 Å². The van der Waals surface area contributed by atoms with Crippen molar-refractivity contribution in [2.45, 2.75) is 68.6 Å². The van der Waals surface area contributed by atoms with Gasteiger partial charge in [0.1, 0.15) is 11.4 Å². The van der Waals surface area contributed by atoms with Crippen LogP contribution in [-0.2, 0) is 28.1 Å². The van der Waals surface area contributed by atoms with E-state index in [1.165, 1.54) is 18.2 Å². The first-order chi connectivity index (χ1) is 14.5. The Kier molecular flexibility index (Phi) is 8.05. The summed E-state index contributed by atoms with van der Waals surface area (Å²) in [6.07, 6.45) is 7.18. The highest BCUT2D eigenvalue weighted by molar-refractivity contribution is 7.99. The molecule has 6 nitrogen and oxygen atoms in total. The van der Waals surface area contributed by atoms with Gasteiger partial charge in [-0.1, -0.05) is 48.0 Å². The third kappa shape index (κ3) is 4.64. The molecule has 0 saturated heterocycles. The van der Waals surface area contributed by atoms with Gasteiger partial charge in [-0.25, -0.2) is 0 Å². The van der Waals surface area contributed by atoms with Gasteiger partial charge in [0.05, 0.1) is 5.75 Å². The second-order valence-corrected chi connectivity index (χ2v) is 9.42. The Balaban J connectivity index is 0.00000272. The molecule has 168 valence electrons. The number of nitrogens with zero attached hydrogens (tertiary/aromatic N) is 4. The molecule has 1 fully saturated rings. The number of likely N-dealkylation sites (N-methyl/N-ethyl adjacent to an activating group) is 1. The van der Waals surface area contributed by atoms with E-state index in [0.29, 0.717) is 17.9 Å². The molecule has 0 bridgehead atoms. The summed E-state index contributed by atoms with van der Waals surface area (Å²) in [7, 11) is 1.74. The summed E-state index contributed by atoms with van der Waals surface area (Å²) in [5.74, 6) is 1.19. The molecule has 1 aliphatic heterocycles. The fraction of sp³-hybridized carbons (Fsp3) is 0.545. The van der Waals surface area contributed by atoms with E-state index < -0.39 is 5.54 Å². The lowest BCUT2D eigenvalue weighted by molar-refractivity contribution is -0.146. The Morgan fingerprint density at radius 2 is 1.94 bits per heavy atom. The normalized spacial score (nSPS) is 21.0. The van der Waals surface area contributed by atoms with Crippen LogP contribution in [0.25, 0.3) is 0 Å². The topological polar surface area (TPSA) is 68.1 Å². The van der Waals surface area contributed by atoms with Crippen molar-refractivity contribution in [2.75, 3.05) is 12.8 Å². The van der Waals surface area contributed by atoms with E-state index in [4.69, 9.17) is 11.6 Å². The Morgan fingerprint density at radius 1 is 1.16 bits per heavy atom. The van der Waals surface area contributed by atoms with Gasteiger partial charge in [-0.2, -0.15) is 0 Å². The first-order valence-corrected chi connectivity index (χ1v) is 12.0. The monoisotopic (exact) mass is 482 g/mol. The molecule has 2 aromatic rings. The van der Waals surface area contributed by atoms with Gasteiger partial charge in [-0.15, -0.1) is 22.6 Å². The number of thioether (sulfide) groups is 1. The molecule has 9 heteroatoms. The Labute approximate surface area is 198 Å². The molecule has 1 unspecified atom stereocenters. The standard InChI is InChI=1S/C22H27ClN4O2S.ClH/c1-26(20(29)15-30-21-25-24-19-12-3-2-8-14-27(19)21)22(13-7-6-11-18(22)28)16-9-4-5-10-17(16)23;/h4-5,9-10H,2-3,6-8,11-15H2,1H3;1H. The average Bonchev–Trinajstić information content (AvgIpc) is 2.98. The number of aryl methyl sites for hydroxylation is 1. The number of aromatic nitrogens is 3. The van der Waals surface area contributed by atoms with E-state index in [-0.39, 0.29) is 29.9 Å². The molecular formula is C22H28Cl2N4O2S. The lowest BCUT2D eigenvalue weighted by atomic mass is 9.74. The molecule has 1 aromatic carbocycles. The van der Waals surface area contributed by atoms with E-state index in [9.17, 15) is 9.59 Å². The Bertz CT molecular complexity index is 951. The minimum atomic E-state index is -0.990. The number of carbonyl (C=O) groups is 2. The third-order valence-corrected chi connectivity index (χ3v) is 7.60. The van der Waals surface area contributed by atoms with Crippen LogP contribution in [0.2, 0.25) is 5.02 Å². The minimum Gasteiger partial charge on any atom is -0.328 e. The molecule has 1 aromatic heterocycles. The van der Waals surface area contributed by atoms with Gasteiger partial charge in [0.25, 0.3) is 0 Å². The maximum absolute atomic E-state index is 13.3. The van der Waals surface area contributed by atoms with Crippen LogP contribution >= 0.6 is 35.8 Å². The minimum absolute atomic E-state index is 0. The summed E-state index contributed by atoms with van der Waals surface area (Å²) < 4.78 is 2.14. The van der Waals surface area contributed by atoms with Crippen molar-refractivity contribution >= 4 is 47.5 Å². The average molecular weight is 483 g/mol. The number of Topliss-reactive ketones (excluding diaryl/α,β-unsaturated/α-hetero) is 1. The lowest BCUT2D eigenvalue weighted by Gasteiger charge is -2.44. The number of hydrogen-bond donors (Lipinski definition) is 0. The molecule has 1 amide bonds. The quantitative estimate of drug-likeness (QED) is 0.579. The van der Waals surface area contributed by atoms with Gasteiger partial charge < -0.3 is 9.47 Å². The van der Waals surface area contributed by atoms with Crippen molar-refractivity contribution in [3.05, 3.63) is 40.7 Å². The zero-order chi connectivity index (χ0) is 21.1. The number of hydrogen-bond acceptors (Lipinski definition) is 5. The smallest absolute Gasteiger partial charge is 0.233 e. The van der Waals surface area contributed by atoms with Crippen LogP contribution in [0, 0.1) is 0 Å². The van der Waals surface area contributed by atoms with E-state index in [1.54, 1.807) is 18.0 Å². The van der Waals surface area contributed by atoms with Gasteiger partial charge in [0.2, 0.25) is 5.91 Å². The van der Waals surface area contributed by atoms with E-state index in [0.717, 1.165) is 55.2 Å². The van der Waals surface area contributed by atoms with Crippen molar-refractivity contribution in [3.63, 3.8) is 0 Å². The third-order valence-electron chi connectivity index (χ3n) is 6.32. The highest BCUT2D eigenvalue weighted by Gasteiger charge is 2.47. The molecule has 1 saturated carbocycles. The summed E-state index contributed by atoms with van der Waals surface area (Å²) in [6.45, 7) is 0.900. The maximum atomic E-state index is 13.3. The van der Waals surface area contributed by atoms with Crippen LogP contribution in [0.5, 0.6) is 0 Å². The lowest BCUT2D eigenvalue weighted by Crippen LogP contribution is -2.54. The number of amides is 1. The van der Waals surface area contributed by atoms with Crippen LogP contribution < -0.4 is 0 Å². The zero-order valence-corrected chi connectivity index (χ0v) is 20.1. The summed E-state index contributed by atoms with van der Waals surface area (Å²) >= 11 is 7.90. The molecular weight excluding hydrogens is 455 g/mol. The maximum Gasteiger partial charge on any atom is 0.233 e. The van der Waals surface area contributed by atoms with Gasteiger partial charge in [0.15, 0.2) is 10.9 Å². The van der Waals surface area contributed by atoms with Crippen molar-refractivity contribution in [3.8, 4) is 0 Å². The molecule has 0 spiro atoms. The molecule has 1 atom stereocenters. The van der Waals surface area contributed by atoms with Crippen LogP contribution in [-0.4, -0.2) is 44.2 Å². The van der Waals surface area contributed by atoms with Crippen LogP contribution in [0.1, 0.15) is 56.3 Å². The second-order valence-electron chi connectivity index (χ2n) is 8.07. The van der Waals surface area contributed by atoms with Crippen molar-refractivity contribution < 1.29 is 9.59 Å². The predicted molar refractivity (Wildman–Crippen MR) is 125 cm³/mol. The molecule has 2 aliphatic rings. The van der Waals surface area contributed by atoms with Gasteiger partial charge in [-0.3, -0.25) is 9.59 Å². The number of rotatable bonds is 5. The highest BCUT2D eigenvalue weighted by atomic mass is 35.5. The van der Waals surface area contributed by atoms with E-state index in [2.05, 4.69) is 14.8 Å². The van der Waals surface area contributed by atoms with Crippen molar-refractivity contribution in [2.24, 2.45) is 0 Å². The fourth-order valence-corrected chi connectivity index (χ4v) is 5.82. The Hall–Kier alpha value is -1.57. The first kappa shape index (κ1) is 24.1. The number of ketones is 1. The predicted octanol–water partition coefficient (Wildman–Crippen LogP) is 4.67. The largest absolute Gasteiger partial charge is 0.328 e. The van der Waals surface area contributed by atoms with Crippen LogP contribution in [0.4, 0.5) is 0 Å².